The smallest absolute Gasteiger partial charge is 0.264 e. The second-order valence-corrected chi connectivity index (χ2v) is 10.6. The summed E-state index contributed by atoms with van der Waals surface area (Å²) in [6, 6.07) is 16.8. The summed E-state index contributed by atoms with van der Waals surface area (Å²) in [5, 5.41) is 3.18. The normalized spacial score (nSPS) is 12.2. The predicted molar refractivity (Wildman–Crippen MR) is 136 cm³/mol. The Bertz CT molecular complexity index is 1290. The van der Waals surface area contributed by atoms with Crippen molar-refractivity contribution in [2.75, 3.05) is 18.0 Å². The van der Waals surface area contributed by atoms with E-state index in [4.69, 9.17) is 16.3 Å². The number of hydrogen-bond donors (Lipinski definition) is 1. The highest BCUT2D eigenvalue weighted by atomic mass is 35.5. The molecule has 0 aromatic heterocycles. The minimum absolute atomic E-state index is 0.0837. The standard InChI is InChI=1S/C26H29ClN2O4S/c1-17-7-11-22(12-8-17)34(31,32)29(21-10-13-25(33-5)24(27)15-21)16-26(30)28-20(4)23-14-18(2)6-9-19(23)3/h6-15,20H,16H2,1-5H3,(H,28,30). The monoisotopic (exact) mass is 500 g/mol. The van der Waals surface area contributed by atoms with Crippen LogP contribution in [0.5, 0.6) is 5.75 Å². The van der Waals surface area contributed by atoms with Gasteiger partial charge in [-0.15, -0.1) is 0 Å². The molecule has 1 amide bonds. The summed E-state index contributed by atoms with van der Waals surface area (Å²) in [7, 11) is -2.57. The van der Waals surface area contributed by atoms with Gasteiger partial charge in [-0.25, -0.2) is 8.42 Å². The summed E-state index contributed by atoms with van der Waals surface area (Å²) < 4.78 is 33.4. The number of rotatable bonds is 8. The zero-order chi connectivity index (χ0) is 25.0. The second-order valence-electron chi connectivity index (χ2n) is 8.29. The number of carbonyl (C=O) groups is 1. The molecule has 34 heavy (non-hydrogen) atoms. The fourth-order valence-corrected chi connectivity index (χ4v) is 5.35. The molecule has 0 aliphatic rings. The number of benzene rings is 3. The average molecular weight is 501 g/mol. The maximum Gasteiger partial charge on any atom is 0.264 e. The molecule has 0 aliphatic carbocycles. The molecule has 0 fully saturated rings. The van der Waals surface area contributed by atoms with Crippen molar-refractivity contribution in [3.05, 3.63) is 87.9 Å². The molecule has 0 bridgehead atoms. The highest BCUT2D eigenvalue weighted by Crippen LogP contribution is 2.32. The largest absolute Gasteiger partial charge is 0.495 e. The molecule has 0 aliphatic heterocycles. The van der Waals surface area contributed by atoms with Crippen LogP contribution in [0.15, 0.2) is 65.6 Å². The quantitative estimate of drug-likeness (QED) is 0.452. The van der Waals surface area contributed by atoms with E-state index in [1.165, 1.54) is 25.3 Å². The Labute approximate surface area is 206 Å². The summed E-state index contributed by atoms with van der Waals surface area (Å²) in [5.74, 6) is -0.0258. The van der Waals surface area contributed by atoms with Crippen molar-refractivity contribution in [3.8, 4) is 5.75 Å². The van der Waals surface area contributed by atoms with E-state index < -0.39 is 22.5 Å². The van der Waals surface area contributed by atoms with Crippen LogP contribution in [0.3, 0.4) is 0 Å². The Kier molecular flexibility index (Phi) is 7.89. The Morgan fingerprint density at radius 2 is 1.65 bits per heavy atom. The van der Waals surface area contributed by atoms with Gasteiger partial charge in [-0.05, 0) is 69.2 Å². The van der Waals surface area contributed by atoms with E-state index in [1.807, 2.05) is 45.9 Å². The Balaban J connectivity index is 1.95. The molecule has 1 unspecified atom stereocenters. The third-order valence-corrected chi connectivity index (χ3v) is 7.68. The lowest BCUT2D eigenvalue weighted by Gasteiger charge is -2.26. The van der Waals surface area contributed by atoms with Gasteiger partial charge in [-0.2, -0.15) is 0 Å². The molecule has 0 radical (unpaired) electrons. The lowest BCUT2D eigenvalue weighted by atomic mass is 10.00. The lowest BCUT2D eigenvalue weighted by Crippen LogP contribution is -2.41. The van der Waals surface area contributed by atoms with Gasteiger partial charge in [0.1, 0.15) is 12.3 Å². The fourth-order valence-electron chi connectivity index (χ4n) is 3.68. The molecule has 1 N–H and O–H groups in total. The molecule has 6 nitrogen and oxygen atoms in total. The molecule has 0 saturated heterocycles. The maximum absolute atomic E-state index is 13.6. The third-order valence-electron chi connectivity index (χ3n) is 5.60. The van der Waals surface area contributed by atoms with Crippen LogP contribution in [0.25, 0.3) is 0 Å². The first-order chi connectivity index (χ1) is 16.0. The number of aryl methyl sites for hydroxylation is 3. The topological polar surface area (TPSA) is 75.7 Å². The van der Waals surface area contributed by atoms with E-state index in [1.54, 1.807) is 24.3 Å². The number of halogens is 1. The van der Waals surface area contributed by atoms with Crippen LogP contribution in [0.1, 0.15) is 35.2 Å². The first kappa shape index (κ1) is 25.6. The predicted octanol–water partition coefficient (Wildman–Crippen LogP) is 5.35. The summed E-state index contributed by atoms with van der Waals surface area (Å²) in [6.45, 7) is 7.31. The molecule has 180 valence electrons. The number of hydrogen-bond acceptors (Lipinski definition) is 4. The van der Waals surface area contributed by atoms with Gasteiger partial charge in [0.05, 0.1) is 28.8 Å². The first-order valence-corrected chi connectivity index (χ1v) is 12.6. The van der Waals surface area contributed by atoms with E-state index in [-0.39, 0.29) is 21.6 Å². The molecule has 1 atom stereocenters. The Morgan fingerprint density at radius 1 is 1.00 bits per heavy atom. The van der Waals surface area contributed by atoms with Crippen LogP contribution in [0, 0.1) is 20.8 Å². The summed E-state index contributed by atoms with van der Waals surface area (Å²) in [5.41, 5.74) is 4.30. The number of anilines is 1. The van der Waals surface area contributed by atoms with Gasteiger partial charge >= 0.3 is 0 Å². The summed E-state index contributed by atoms with van der Waals surface area (Å²) in [4.78, 5) is 13.2. The van der Waals surface area contributed by atoms with Crippen molar-refractivity contribution < 1.29 is 17.9 Å². The zero-order valence-corrected chi connectivity index (χ0v) is 21.5. The van der Waals surface area contributed by atoms with Crippen molar-refractivity contribution >= 4 is 33.2 Å². The first-order valence-electron chi connectivity index (χ1n) is 10.8. The lowest BCUT2D eigenvalue weighted by molar-refractivity contribution is -0.120. The van der Waals surface area contributed by atoms with Crippen LogP contribution in [-0.4, -0.2) is 28.0 Å². The summed E-state index contributed by atoms with van der Waals surface area (Å²) >= 11 is 6.28. The number of nitrogens with zero attached hydrogens (tertiary/aromatic N) is 1. The molecule has 8 heteroatoms. The minimum Gasteiger partial charge on any atom is -0.495 e. The van der Waals surface area contributed by atoms with Gasteiger partial charge in [0.2, 0.25) is 5.91 Å². The molecule has 0 saturated carbocycles. The minimum atomic E-state index is -4.04. The molecule has 0 spiro atoms. The van der Waals surface area contributed by atoms with Crippen LogP contribution in [-0.2, 0) is 14.8 Å². The van der Waals surface area contributed by atoms with E-state index in [2.05, 4.69) is 5.32 Å². The number of nitrogens with one attached hydrogen (secondary N) is 1. The van der Waals surface area contributed by atoms with E-state index in [0.717, 1.165) is 26.6 Å². The van der Waals surface area contributed by atoms with E-state index in [0.29, 0.717) is 5.75 Å². The number of methoxy groups -OCH3 is 1. The molecule has 3 rings (SSSR count). The van der Waals surface area contributed by atoms with Crippen LogP contribution in [0.4, 0.5) is 5.69 Å². The molecule has 0 heterocycles. The number of ether oxygens (including phenoxy) is 1. The van der Waals surface area contributed by atoms with E-state index >= 15 is 0 Å². The molecular weight excluding hydrogens is 472 g/mol. The molecule has 3 aromatic carbocycles. The number of amides is 1. The van der Waals surface area contributed by atoms with Crippen LogP contribution in [0.2, 0.25) is 5.02 Å². The van der Waals surface area contributed by atoms with Crippen molar-refractivity contribution in [2.24, 2.45) is 0 Å². The molecule has 3 aromatic rings. The van der Waals surface area contributed by atoms with Crippen molar-refractivity contribution in [1.29, 1.82) is 0 Å². The van der Waals surface area contributed by atoms with E-state index in [9.17, 15) is 13.2 Å². The second kappa shape index (κ2) is 10.5. The Morgan fingerprint density at radius 3 is 2.26 bits per heavy atom. The van der Waals surface area contributed by atoms with Gasteiger partial charge in [0.25, 0.3) is 10.0 Å². The van der Waals surface area contributed by atoms with Gasteiger partial charge in [0.15, 0.2) is 0 Å². The highest BCUT2D eigenvalue weighted by Gasteiger charge is 2.28. The van der Waals surface area contributed by atoms with Crippen molar-refractivity contribution in [2.45, 2.75) is 38.6 Å². The van der Waals surface area contributed by atoms with Crippen LogP contribution >= 0.6 is 11.6 Å². The fraction of sp³-hybridized carbons (Fsp3) is 0.269. The summed E-state index contributed by atoms with van der Waals surface area (Å²) in [6.07, 6.45) is 0. The SMILES string of the molecule is COc1ccc(N(CC(=O)NC(C)c2cc(C)ccc2C)S(=O)(=O)c2ccc(C)cc2)cc1Cl. The Hall–Kier alpha value is -3.03. The third kappa shape index (κ3) is 5.72. The van der Waals surface area contributed by atoms with Crippen LogP contribution < -0.4 is 14.4 Å². The number of sulfonamides is 1. The van der Waals surface area contributed by atoms with Gasteiger partial charge in [0, 0.05) is 0 Å². The van der Waals surface area contributed by atoms with Crippen molar-refractivity contribution in [1.82, 2.24) is 5.32 Å². The van der Waals surface area contributed by atoms with Gasteiger partial charge in [-0.3, -0.25) is 9.10 Å². The number of carbonyl (C=O) groups excluding carboxylic acids is 1. The van der Waals surface area contributed by atoms with Gasteiger partial charge < -0.3 is 10.1 Å². The van der Waals surface area contributed by atoms with Crippen molar-refractivity contribution in [3.63, 3.8) is 0 Å². The van der Waals surface area contributed by atoms with Gasteiger partial charge in [-0.1, -0.05) is 53.1 Å². The average Bonchev–Trinajstić information content (AvgIpc) is 2.79. The highest BCUT2D eigenvalue weighted by molar-refractivity contribution is 7.92. The maximum atomic E-state index is 13.6. The zero-order valence-electron chi connectivity index (χ0n) is 19.9. The molecular formula is C26H29ClN2O4S.